The second-order valence-electron chi connectivity index (χ2n) is 5.17. The summed E-state index contributed by atoms with van der Waals surface area (Å²) in [6, 6.07) is 3.38. The number of hydrogen-bond donors (Lipinski definition) is 1. The molecule has 1 aromatic rings. The van der Waals surface area contributed by atoms with Crippen LogP contribution in [0.5, 0.6) is 5.75 Å². The van der Waals surface area contributed by atoms with Crippen LogP contribution in [0, 0.1) is 11.6 Å². The number of carbonyl (C=O) groups excluding carboxylic acids is 1. The number of carbonyl (C=O) groups is 1. The van der Waals surface area contributed by atoms with Crippen LogP contribution < -0.4 is 10.1 Å². The number of benzene rings is 1. The molecule has 1 heterocycles. The molecule has 1 saturated heterocycles. The molecule has 4 nitrogen and oxygen atoms in total. The van der Waals surface area contributed by atoms with Crippen molar-refractivity contribution in [1.82, 2.24) is 10.2 Å². The molecule has 116 valence electrons. The lowest BCUT2D eigenvalue weighted by Crippen LogP contribution is -2.52. The van der Waals surface area contributed by atoms with Gasteiger partial charge in [0.15, 0.2) is 11.6 Å². The fourth-order valence-corrected chi connectivity index (χ4v) is 2.35. The molecular weight excluding hydrogens is 278 g/mol. The van der Waals surface area contributed by atoms with Crippen LogP contribution in [0.2, 0.25) is 0 Å². The van der Waals surface area contributed by atoms with Crippen molar-refractivity contribution in [3.05, 3.63) is 29.8 Å². The van der Waals surface area contributed by atoms with Gasteiger partial charge in [0.05, 0.1) is 6.61 Å². The van der Waals surface area contributed by atoms with E-state index < -0.39 is 11.6 Å². The van der Waals surface area contributed by atoms with Gasteiger partial charge in [-0.05, 0) is 25.5 Å². The van der Waals surface area contributed by atoms with Crippen molar-refractivity contribution in [3.8, 4) is 5.75 Å². The third kappa shape index (κ3) is 4.39. The van der Waals surface area contributed by atoms with Gasteiger partial charge in [-0.1, -0.05) is 0 Å². The van der Waals surface area contributed by atoms with Gasteiger partial charge >= 0.3 is 0 Å². The number of nitrogens with one attached hydrogen (secondary N) is 1. The number of amides is 1. The second kappa shape index (κ2) is 7.36. The molecule has 0 bridgehead atoms. The number of hydrogen-bond acceptors (Lipinski definition) is 3. The van der Waals surface area contributed by atoms with Crippen molar-refractivity contribution in [2.45, 2.75) is 25.8 Å². The molecule has 2 rings (SSSR count). The number of piperazine rings is 1. The van der Waals surface area contributed by atoms with Gasteiger partial charge in [-0.25, -0.2) is 8.78 Å². The highest BCUT2D eigenvalue weighted by molar-refractivity contribution is 5.76. The number of ether oxygens (including phenoxy) is 1. The molecule has 1 unspecified atom stereocenters. The molecule has 1 N–H and O–H groups in total. The minimum absolute atomic E-state index is 0.0133. The van der Waals surface area contributed by atoms with Crippen LogP contribution >= 0.6 is 0 Å². The van der Waals surface area contributed by atoms with Gasteiger partial charge in [0.1, 0.15) is 5.82 Å². The topological polar surface area (TPSA) is 41.6 Å². The molecule has 1 fully saturated rings. The second-order valence-corrected chi connectivity index (χ2v) is 5.17. The SMILES string of the molecule is CC1CNCCN1C(=O)CCCOc1ccc(F)cc1F. The Hall–Kier alpha value is -1.69. The monoisotopic (exact) mass is 298 g/mol. The van der Waals surface area contributed by atoms with Crippen molar-refractivity contribution in [2.75, 3.05) is 26.2 Å². The smallest absolute Gasteiger partial charge is 0.223 e. The van der Waals surface area contributed by atoms with E-state index in [1.54, 1.807) is 0 Å². The highest BCUT2D eigenvalue weighted by atomic mass is 19.1. The van der Waals surface area contributed by atoms with Crippen LogP contribution in [0.3, 0.4) is 0 Å². The summed E-state index contributed by atoms with van der Waals surface area (Å²) >= 11 is 0. The molecule has 21 heavy (non-hydrogen) atoms. The summed E-state index contributed by atoms with van der Waals surface area (Å²) in [7, 11) is 0. The largest absolute Gasteiger partial charge is 0.491 e. The van der Waals surface area contributed by atoms with Gasteiger partial charge in [-0.2, -0.15) is 0 Å². The van der Waals surface area contributed by atoms with Crippen LogP contribution in [0.4, 0.5) is 8.78 Å². The standard InChI is InChI=1S/C15H20F2N2O2/c1-11-10-18-6-7-19(11)15(20)3-2-8-21-14-5-4-12(16)9-13(14)17/h4-5,9,11,18H,2-3,6-8,10H2,1H3. The summed E-state index contributed by atoms with van der Waals surface area (Å²) in [5, 5.41) is 3.23. The zero-order valence-electron chi connectivity index (χ0n) is 12.1. The van der Waals surface area contributed by atoms with Crippen molar-refractivity contribution < 1.29 is 18.3 Å². The predicted octanol–water partition coefficient (Wildman–Crippen LogP) is 1.94. The molecule has 0 spiro atoms. The van der Waals surface area contributed by atoms with Crippen LogP contribution in [0.1, 0.15) is 19.8 Å². The van der Waals surface area contributed by atoms with Crippen molar-refractivity contribution in [1.29, 1.82) is 0 Å². The maximum absolute atomic E-state index is 13.3. The quantitative estimate of drug-likeness (QED) is 0.845. The maximum Gasteiger partial charge on any atom is 0.223 e. The Kier molecular flexibility index (Phi) is 5.50. The summed E-state index contributed by atoms with van der Waals surface area (Å²) in [6.07, 6.45) is 0.874. The molecular formula is C15H20F2N2O2. The Morgan fingerprint density at radius 3 is 3.00 bits per heavy atom. The summed E-state index contributed by atoms with van der Waals surface area (Å²) < 4.78 is 31.3. The van der Waals surface area contributed by atoms with Crippen LogP contribution in [0.15, 0.2) is 18.2 Å². The molecule has 1 amide bonds. The minimum atomic E-state index is -0.725. The van der Waals surface area contributed by atoms with E-state index >= 15 is 0 Å². The normalized spacial score (nSPS) is 18.6. The van der Waals surface area contributed by atoms with E-state index in [1.807, 2.05) is 11.8 Å². The molecule has 0 aromatic heterocycles. The molecule has 0 aliphatic carbocycles. The molecule has 1 aliphatic heterocycles. The summed E-state index contributed by atoms with van der Waals surface area (Å²) in [5.74, 6) is -1.26. The van der Waals surface area contributed by atoms with Gasteiger partial charge in [0, 0.05) is 38.2 Å². The summed E-state index contributed by atoms with van der Waals surface area (Å²) in [6.45, 7) is 4.58. The Bertz CT molecular complexity index is 497. The molecule has 0 radical (unpaired) electrons. The Morgan fingerprint density at radius 2 is 2.29 bits per heavy atom. The Balaban J connectivity index is 1.73. The average Bonchev–Trinajstić information content (AvgIpc) is 2.45. The van der Waals surface area contributed by atoms with Crippen molar-refractivity contribution in [2.24, 2.45) is 0 Å². The lowest BCUT2D eigenvalue weighted by molar-refractivity contribution is -0.134. The van der Waals surface area contributed by atoms with Gasteiger partial charge in [0.2, 0.25) is 5.91 Å². The first-order chi connectivity index (χ1) is 10.1. The zero-order valence-corrected chi connectivity index (χ0v) is 12.1. The van der Waals surface area contributed by atoms with E-state index in [4.69, 9.17) is 4.74 Å². The van der Waals surface area contributed by atoms with E-state index in [1.165, 1.54) is 6.07 Å². The highest BCUT2D eigenvalue weighted by Crippen LogP contribution is 2.18. The number of halogens is 2. The molecule has 0 saturated carbocycles. The fraction of sp³-hybridized carbons (Fsp3) is 0.533. The van der Waals surface area contributed by atoms with Gasteiger partial charge < -0.3 is 15.0 Å². The Labute approximate surface area is 123 Å². The van der Waals surface area contributed by atoms with Crippen LogP contribution in [-0.4, -0.2) is 43.1 Å². The first-order valence-corrected chi connectivity index (χ1v) is 7.16. The van der Waals surface area contributed by atoms with E-state index in [2.05, 4.69) is 5.32 Å². The van der Waals surface area contributed by atoms with E-state index in [0.29, 0.717) is 19.4 Å². The molecule has 6 heteroatoms. The minimum Gasteiger partial charge on any atom is -0.491 e. The zero-order chi connectivity index (χ0) is 15.2. The number of nitrogens with zero attached hydrogens (tertiary/aromatic N) is 1. The van der Waals surface area contributed by atoms with E-state index in [9.17, 15) is 13.6 Å². The Morgan fingerprint density at radius 1 is 1.48 bits per heavy atom. The molecule has 1 aromatic carbocycles. The summed E-state index contributed by atoms with van der Waals surface area (Å²) in [5.41, 5.74) is 0. The van der Waals surface area contributed by atoms with E-state index in [0.717, 1.165) is 25.2 Å². The fourth-order valence-electron chi connectivity index (χ4n) is 2.35. The maximum atomic E-state index is 13.3. The third-order valence-corrected chi connectivity index (χ3v) is 3.51. The van der Waals surface area contributed by atoms with Crippen LogP contribution in [0.25, 0.3) is 0 Å². The first-order valence-electron chi connectivity index (χ1n) is 7.16. The average molecular weight is 298 g/mol. The lowest BCUT2D eigenvalue weighted by atomic mass is 10.2. The van der Waals surface area contributed by atoms with Gasteiger partial charge in [0.25, 0.3) is 0 Å². The molecule has 1 atom stereocenters. The third-order valence-electron chi connectivity index (χ3n) is 3.51. The highest BCUT2D eigenvalue weighted by Gasteiger charge is 2.22. The van der Waals surface area contributed by atoms with Crippen molar-refractivity contribution in [3.63, 3.8) is 0 Å². The first kappa shape index (κ1) is 15.7. The van der Waals surface area contributed by atoms with Crippen LogP contribution in [-0.2, 0) is 4.79 Å². The lowest BCUT2D eigenvalue weighted by Gasteiger charge is -2.34. The van der Waals surface area contributed by atoms with Crippen molar-refractivity contribution >= 4 is 5.91 Å². The number of rotatable bonds is 5. The van der Waals surface area contributed by atoms with E-state index in [-0.39, 0.29) is 24.3 Å². The summed E-state index contributed by atoms with van der Waals surface area (Å²) in [4.78, 5) is 13.9. The van der Waals surface area contributed by atoms with Gasteiger partial charge in [-0.15, -0.1) is 0 Å². The van der Waals surface area contributed by atoms with Gasteiger partial charge in [-0.3, -0.25) is 4.79 Å². The predicted molar refractivity (Wildman–Crippen MR) is 75.1 cm³/mol. The molecule has 1 aliphatic rings.